The smallest absolute Gasteiger partial charge is 0.338 e. The molecule has 33 heavy (non-hydrogen) atoms. The van der Waals surface area contributed by atoms with E-state index in [9.17, 15) is 14.4 Å². The summed E-state index contributed by atoms with van der Waals surface area (Å²) < 4.78 is 9.98. The van der Waals surface area contributed by atoms with Gasteiger partial charge in [0.1, 0.15) is 5.82 Å². The minimum Gasteiger partial charge on any atom is -0.466 e. The van der Waals surface area contributed by atoms with Crippen molar-refractivity contribution < 1.29 is 23.9 Å². The second kappa shape index (κ2) is 10.0. The maximum atomic E-state index is 12.4. The first-order valence-electron chi connectivity index (χ1n) is 9.99. The van der Waals surface area contributed by atoms with Gasteiger partial charge in [0.05, 0.1) is 35.3 Å². The van der Waals surface area contributed by atoms with Crippen molar-refractivity contribution in [3.05, 3.63) is 59.4 Å². The van der Waals surface area contributed by atoms with Gasteiger partial charge in [0.2, 0.25) is 0 Å². The van der Waals surface area contributed by atoms with E-state index in [0.29, 0.717) is 27.7 Å². The van der Waals surface area contributed by atoms with Crippen LogP contribution in [0.25, 0.3) is 22.4 Å². The highest BCUT2D eigenvalue weighted by Gasteiger charge is 2.15. The Morgan fingerprint density at radius 1 is 1.15 bits per heavy atom. The monoisotopic (exact) mass is 465 g/mol. The zero-order chi connectivity index (χ0) is 23.2. The average molecular weight is 465 g/mol. The Morgan fingerprint density at radius 2 is 2.03 bits per heavy atom. The highest BCUT2D eigenvalue weighted by atomic mass is 32.1. The normalized spacial score (nSPS) is 10.7. The molecule has 0 bridgehead atoms. The predicted octanol–water partition coefficient (Wildman–Crippen LogP) is 2.98. The maximum Gasteiger partial charge on any atom is 0.338 e. The fraction of sp³-hybridized carbons (Fsp3) is 0.182. The fourth-order valence-electron chi connectivity index (χ4n) is 2.95. The standard InChI is InChI=1S/C22H19N5O5S/c1-2-31-19(29)9-15-12-33-22(24-15)27-18(28)11-32-21(30)13-5-6-16-17(8-13)26-20(25-16)14-4-3-7-23-10-14/h3-8,10,12H,2,9,11H2,1H3,(H,25,26)(H,24,27,28). The van der Waals surface area contributed by atoms with Crippen LogP contribution in [0.15, 0.2) is 48.1 Å². The molecule has 0 saturated carbocycles. The van der Waals surface area contributed by atoms with Gasteiger partial charge in [0.15, 0.2) is 11.7 Å². The molecule has 4 aromatic rings. The highest BCUT2D eigenvalue weighted by molar-refractivity contribution is 7.13. The number of fused-ring (bicyclic) bond motifs is 1. The van der Waals surface area contributed by atoms with Gasteiger partial charge >= 0.3 is 11.9 Å². The molecule has 3 heterocycles. The number of aromatic nitrogens is 4. The van der Waals surface area contributed by atoms with E-state index in [1.807, 2.05) is 12.1 Å². The highest BCUT2D eigenvalue weighted by Crippen LogP contribution is 2.21. The molecule has 0 saturated heterocycles. The summed E-state index contributed by atoms with van der Waals surface area (Å²) in [4.78, 5) is 51.9. The summed E-state index contributed by atoms with van der Waals surface area (Å²) in [5.74, 6) is -0.946. The second-order valence-electron chi connectivity index (χ2n) is 6.81. The first-order chi connectivity index (χ1) is 16.0. The van der Waals surface area contributed by atoms with Crippen molar-refractivity contribution in [2.75, 3.05) is 18.5 Å². The van der Waals surface area contributed by atoms with Gasteiger partial charge in [-0.15, -0.1) is 11.3 Å². The van der Waals surface area contributed by atoms with E-state index in [-0.39, 0.29) is 18.6 Å². The van der Waals surface area contributed by atoms with E-state index >= 15 is 0 Å². The van der Waals surface area contributed by atoms with E-state index in [1.165, 1.54) is 0 Å². The Kier molecular flexibility index (Phi) is 6.69. The summed E-state index contributed by atoms with van der Waals surface area (Å²) in [6.07, 6.45) is 3.38. The Balaban J connectivity index is 1.33. The number of nitrogens with one attached hydrogen (secondary N) is 2. The number of hydrogen-bond donors (Lipinski definition) is 2. The number of esters is 2. The van der Waals surface area contributed by atoms with Crippen molar-refractivity contribution >= 4 is 45.3 Å². The maximum absolute atomic E-state index is 12.4. The third-order valence-corrected chi connectivity index (χ3v) is 5.22. The number of thiazole rings is 1. The molecule has 0 fully saturated rings. The minimum atomic E-state index is -0.647. The number of pyridine rings is 1. The van der Waals surface area contributed by atoms with Gasteiger partial charge in [0, 0.05) is 23.3 Å². The molecule has 1 amide bonds. The van der Waals surface area contributed by atoms with Crippen LogP contribution in [0, 0.1) is 0 Å². The number of benzene rings is 1. The van der Waals surface area contributed by atoms with Crippen LogP contribution in [0.5, 0.6) is 0 Å². The van der Waals surface area contributed by atoms with E-state index in [0.717, 1.165) is 16.9 Å². The number of carbonyl (C=O) groups is 3. The molecule has 3 aromatic heterocycles. The molecule has 0 radical (unpaired) electrons. The van der Waals surface area contributed by atoms with Crippen LogP contribution in [0.3, 0.4) is 0 Å². The molecular formula is C22H19N5O5S. The number of rotatable bonds is 8. The molecule has 0 aliphatic carbocycles. The lowest BCUT2D eigenvalue weighted by Crippen LogP contribution is -2.21. The number of nitrogens with zero attached hydrogens (tertiary/aromatic N) is 3. The van der Waals surface area contributed by atoms with Gasteiger partial charge in [-0.25, -0.2) is 14.8 Å². The SMILES string of the molecule is CCOC(=O)Cc1csc(NC(=O)COC(=O)c2ccc3nc(-c4cccnc4)[nH]c3c2)n1. The summed E-state index contributed by atoms with van der Waals surface area (Å²) in [6, 6.07) is 8.58. The summed E-state index contributed by atoms with van der Waals surface area (Å²) in [5.41, 5.74) is 2.93. The van der Waals surface area contributed by atoms with Gasteiger partial charge in [-0.05, 0) is 37.3 Å². The number of ether oxygens (including phenoxy) is 2. The van der Waals surface area contributed by atoms with Crippen LogP contribution in [-0.4, -0.2) is 51.0 Å². The molecule has 0 atom stereocenters. The lowest BCUT2D eigenvalue weighted by atomic mass is 10.2. The van der Waals surface area contributed by atoms with Crippen LogP contribution in [0.1, 0.15) is 23.0 Å². The molecule has 10 nitrogen and oxygen atoms in total. The summed E-state index contributed by atoms with van der Waals surface area (Å²) in [5, 5.41) is 4.50. The molecule has 11 heteroatoms. The second-order valence-corrected chi connectivity index (χ2v) is 7.67. The minimum absolute atomic E-state index is 0.0216. The Labute approximate surface area is 192 Å². The number of aromatic amines is 1. The quantitative estimate of drug-likeness (QED) is 0.379. The number of imidazole rings is 1. The summed E-state index contributed by atoms with van der Waals surface area (Å²) >= 11 is 1.16. The van der Waals surface area contributed by atoms with E-state index in [1.54, 1.807) is 42.9 Å². The van der Waals surface area contributed by atoms with Crippen molar-refractivity contribution in [3.63, 3.8) is 0 Å². The molecule has 0 aliphatic rings. The number of hydrogen-bond acceptors (Lipinski definition) is 9. The number of H-pyrrole nitrogens is 1. The third-order valence-electron chi connectivity index (χ3n) is 4.42. The summed E-state index contributed by atoms with van der Waals surface area (Å²) in [6.45, 7) is 1.53. The van der Waals surface area contributed by atoms with Crippen molar-refractivity contribution in [1.82, 2.24) is 19.9 Å². The number of anilines is 1. The molecule has 0 aliphatic heterocycles. The van der Waals surface area contributed by atoms with Crippen molar-refractivity contribution in [1.29, 1.82) is 0 Å². The first-order valence-corrected chi connectivity index (χ1v) is 10.9. The first kappa shape index (κ1) is 22.1. The molecular weight excluding hydrogens is 446 g/mol. The predicted molar refractivity (Wildman–Crippen MR) is 121 cm³/mol. The topological polar surface area (TPSA) is 136 Å². The van der Waals surface area contributed by atoms with Crippen LogP contribution >= 0.6 is 11.3 Å². The average Bonchev–Trinajstić information content (AvgIpc) is 3.44. The molecule has 168 valence electrons. The van der Waals surface area contributed by atoms with Crippen molar-refractivity contribution in [2.45, 2.75) is 13.3 Å². The lowest BCUT2D eigenvalue weighted by molar-refractivity contribution is -0.142. The number of amides is 1. The van der Waals surface area contributed by atoms with Gasteiger partial charge in [0.25, 0.3) is 5.91 Å². The fourth-order valence-corrected chi connectivity index (χ4v) is 3.68. The van der Waals surface area contributed by atoms with Gasteiger partial charge in [-0.3, -0.25) is 19.9 Å². The van der Waals surface area contributed by atoms with E-state index in [2.05, 4.69) is 25.3 Å². The molecule has 0 unspecified atom stereocenters. The zero-order valence-corrected chi connectivity index (χ0v) is 18.3. The van der Waals surface area contributed by atoms with Crippen LogP contribution in [0.2, 0.25) is 0 Å². The largest absolute Gasteiger partial charge is 0.466 e. The Hall–Kier alpha value is -4.12. The lowest BCUT2D eigenvalue weighted by Gasteiger charge is -2.05. The summed E-state index contributed by atoms with van der Waals surface area (Å²) in [7, 11) is 0. The number of carbonyl (C=O) groups excluding carboxylic acids is 3. The van der Waals surface area contributed by atoms with Gasteiger partial charge < -0.3 is 14.5 Å². The van der Waals surface area contributed by atoms with E-state index in [4.69, 9.17) is 9.47 Å². The molecule has 2 N–H and O–H groups in total. The Bertz CT molecular complexity index is 1300. The van der Waals surface area contributed by atoms with Crippen molar-refractivity contribution in [3.8, 4) is 11.4 Å². The molecule has 0 spiro atoms. The van der Waals surface area contributed by atoms with Crippen LogP contribution < -0.4 is 5.32 Å². The van der Waals surface area contributed by atoms with E-state index < -0.39 is 24.5 Å². The van der Waals surface area contributed by atoms with Crippen LogP contribution in [0.4, 0.5) is 5.13 Å². The van der Waals surface area contributed by atoms with Crippen molar-refractivity contribution in [2.24, 2.45) is 0 Å². The zero-order valence-electron chi connectivity index (χ0n) is 17.5. The van der Waals surface area contributed by atoms with Gasteiger partial charge in [-0.1, -0.05) is 0 Å². The molecule has 1 aromatic carbocycles. The third kappa shape index (κ3) is 5.57. The van der Waals surface area contributed by atoms with Gasteiger partial charge in [-0.2, -0.15) is 0 Å². The molecule has 4 rings (SSSR count). The Morgan fingerprint density at radius 3 is 2.82 bits per heavy atom. The van der Waals surface area contributed by atoms with Crippen LogP contribution in [-0.2, 0) is 25.5 Å².